The molecule has 0 radical (unpaired) electrons. The lowest BCUT2D eigenvalue weighted by Crippen LogP contribution is -2.51. The first kappa shape index (κ1) is 20.3. The van der Waals surface area contributed by atoms with Gasteiger partial charge < -0.3 is 9.47 Å². The molecule has 2 aromatic carbocycles. The van der Waals surface area contributed by atoms with Crippen LogP contribution in [0.1, 0.15) is 48.4 Å². The Balaban J connectivity index is 2.15. The largest absolute Gasteiger partial charge is 0.452 e. The van der Waals surface area contributed by atoms with Crippen LogP contribution in [0.15, 0.2) is 48.5 Å². The number of benzene rings is 2. The highest BCUT2D eigenvalue weighted by Gasteiger charge is 2.44. The molecule has 0 aliphatic carbocycles. The summed E-state index contributed by atoms with van der Waals surface area (Å²) in [5, 5.41) is 0.868. The summed E-state index contributed by atoms with van der Waals surface area (Å²) in [4.78, 5) is 24.8. The van der Waals surface area contributed by atoms with Gasteiger partial charge in [0.2, 0.25) is 0 Å². The standard InChI is InChI=1S/C20H20Cl2O4/c1-19(2,25-17(23)13-7-5-9-15(21)11-13)20(3,4)26-18(24)14-8-6-10-16(22)12-14/h5-12H,1-4H3. The van der Waals surface area contributed by atoms with E-state index >= 15 is 0 Å². The first-order valence-electron chi connectivity index (χ1n) is 8.00. The van der Waals surface area contributed by atoms with Crippen LogP contribution in [0.3, 0.4) is 0 Å². The van der Waals surface area contributed by atoms with Crippen molar-refractivity contribution in [3.8, 4) is 0 Å². The number of halogens is 2. The highest BCUT2D eigenvalue weighted by atomic mass is 35.5. The molecule has 0 amide bonds. The highest BCUT2D eigenvalue weighted by molar-refractivity contribution is 6.31. The van der Waals surface area contributed by atoms with Gasteiger partial charge in [-0.2, -0.15) is 0 Å². The van der Waals surface area contributed by atoms with Crippen molar-refractivity contribution in [3.63, 3.8) is 0 Å². The predicted octanol–water partition coefficient (Wildman–Crippen LogP) is 5.56. The van der Waals surface area contributed by atoms with Gasteiger partial charge in [0.05, 0.1) is 11.1 Å². The molecule has 0 atom stereocenters. The number of carbonyl (C=O) groups is 2. The van der Waals surface area contributed by atoms with E-state index in [0.29, 0.717) is 21.2 Å². The normalized spacial score (nSPS) is 11.8. The Hall–Kier alpha value is -2.04. The van der Waals surface area contributed by atoms with Gasteiger partial charge in [0.25, 0.3) is 0 Å². The van der Waals surface area contributed by atoms with E-state index in [-0.39, 0.29) is 0 Å². The van der Waals surface area contributed by atoms with E-state index in [4.69, 9.17) is 32.7 Å². The molecule has 4 nitrogen and oxygen atoms in total. The summed E-state index contributed by atoms with van der Waals surface area (Å²) in [5.41, 5.74) is -1.55. The van der Waals surface area contributed by atoms with Crippen LogP contribution < -0.4 is 0 Å². The first-order valence-corrected chi connectivity index (χ1v) is 8.75. The van der Waals surface area contributed by atoms with E-state index in [2.05, 4.69) is 0 Å². The number of hydrogen-bond donors (Lipinski definition) is 0. The molecule has 0 fully saturated rings. The molecule has 2 aromatic rings. The van der Waals surface area contributed by atoms with Crippen molar-refractivity contribution in [3.05, 3.63) is 69.7 Å². The Labute approximate surface area is 163 Å². The van der Waals surface area contributed by atoms with Crippen molar-refractivity contribution in [2.24, 2.45) is 0 Å². The van der Waals surface area contributed by atoms with Crippen molar-refractivity contribution in [1.29, 1.82) is 0 Å². The zero-order valence-electron chi connectivity index (χ0n) is 15.0. The fourth-order valence-corrected chi connectivity index (χ4v) is 2.44. The molecule has 0 aliphatic heterocycles. The summed E-state index contributed by atoms with van der Waals surface area (Å²) in [5.74, 6) is -1.10. The number of ether oxygens (including phenoxy) is 2. The number of carbonyl (C=O) groups excluding carboxylic acids is 2. The van der Waals surface area contributed by atoms with Crippen LogP contribution >= 0.6 is 23.2 Å². The average molecular weight is 395 g/mol. The van der Waals surface area contributed by atoms with Crippen molar-refractivity contribution in [2.45, 2.75) is 38.9 Å². The molecule has 0 aliphatic rings. The van der Waals surface area contributed by atoms with E-state index in [1.54, 1.807) is 64.1 Å². The molecule has 138 valence electrons. The zero-order chi connectivity index (χ0) is 19.5. The van der Waals surface area contributed by atoms with Gasteiger partial charge in [0.15, 0.2) is 0 Å². The fourth-order valence-electron chi connectivity index (χ4n) is 2.06. The summed E-state index contributed by atoms with van der Waals surface area (Å²) in [6, 6.07) is 12.9. The van der Waals surface area contributed by atoms with Crippen LogP contribution in [-0.2, 0) is 9.47 Å². The zero-order valence-corrected chi connectivity index (χ0v) is 16.5. The quantitative estimate of drug-likeness (QED) is 0.622. The second-order valence-electron chi connectivity index (χ2n) is 6.82. The Kier molecular flexibility index (Phi) is 5.99. The third kappa shape index (κ3) is 4.77. The van der Waals surface area contributed by atoms with Gasteiger partial charge in [0, 0.05) is 10.0 Å². The number of esters is 2. The highest BCUT2D eigenvalue weighted by Crippen LogP contribution is 2.31. The minimum Gasteiger partial charge on any atom is -0.452 e. The molecule has 0 saturated heterocycles. The summed E-state index contributed by atoms with van der Waals surface area (Å²) in [7, 11) is 0. The van der Waals surface area contributed by atoms with Crippen molar-refractivity contribution < 1.29 is 19.1 Å². The molecule has 0 unspecified atom stereocenters. The summed E-state index contributed by atoms with van der Waals surface area (Å²) < 4.78 is 11.2. The third-order valence-electron chi connectivity index (χ3n) is 4.27. The Morgan fingerprint density at radius 3 is 1.38 bits per heavy atom. The maximum absolute atomic E-state index is 12.4. The van der Waals surface area contributed by atoms with Gasteiger partial charge >= 0.3 is 11.9 Å². The van der Waals surface area contributed by atoms with Crippen LogP contribution in [0.2, 0.25) is 10.0 Å². The molecule has 0 aromatic heterocycles. The van der Waals surface area contributed by atoms with Crippen LogP contribution in [0.4, 0.5) is 0 Å². The maximum atomic E-state index is 12.4. The van der Waals surface area contributed by atoms with Crippen molar-refractivity contribution in [2.75, 3.05) is 0 Å². The van der Waals surface area contributed by atoms with E-state index in [1.807, 2.05) is 0 Å². The van der Waals surface area contributed by atoms with Gasteiger partial charge in [-0.3, -0.25) is 0 Å². The molecule has 0 saturated carbocycles. The first-order chi connectivity index (χ1) is 12.0. The van der Waals surface area contributed by atoms with Gasteiger partial charge in [-0.05, 0) is 64.1 Å². The topological polar surface area (TPSA) is 52.6 Å². The molecule has 0 spiro atoms. The lowest BCUT2D eigenvalue weighted by molar-refractivity contribution is -0.124. The van der Waals surface area contributed by atoms with E-state index in [1.165, 1.54) is 12.1 Å². The number of rotatable bonds is 5. The minimum atomic E-state index is -1.10. The summed E-state index contributed by atoms with van der Waals surface area (Å²) in [6.07, 6.45) is 0. The number of hydrogen-bond acceptors (Lipinski definition) is 4. The Morgan fingerprint density at radius 2 is 1.08 bits per heavy atom. The molecular weight excluding hydrogens is 375 g/mol. The minimum absolute atomic E-state index is 0.322. The van der Waals surface area contributed by atoms with Crippen molar-refractivity contribution in [1.82, 2.24) is 0 Å². The Bertz CT molecular complexity index is 759. The van der Waals surface area contributed by atoms with Crippen LogP contribution in [-0.4, -0.2) is 23.1 Å². The molecule has 0 N–H and O–H groups in total. The third-order valence-corrected chi connectivity index (χ3v) is 4.74. The summed E-state index contributed by atoms with van der Waals surface area (Å²) >= 11 is 11.8. The Morgan fingerprint density at radius 1 is 0.731 bits per heavy atom. The van der Waals surface area contributed by atoms with Gasteiger partial charge in [-0.25, -0.2) is 9.59 Å². The van der Waals surface area contributed by atoms with Gasteiger partial charge in [0.1, 0.15) is 11.2 Å². The van der Waals surface area contributed by atoms with Crippen molar-refractivity contribution >= 4 is 35.1 Å². The fraction of sp³-hybridized carbons (Fsp3) is 0.300. The average Bonchev–Trinajstić information content (AvgIpc) is 2.53. The lowest BCUT2D eigenvalue weighted by atomic mass is 9.88. The monoisotopic (exact) mass is 394 g/mol. The molecule has 0 bridgehead atoms. The molecular formula is C20H20Cl2O4. The SMILES string of the molecule is CC(C)(OC(=O)c1cccc(Cl)c1)C(C)(C)OC(=O)c1cccc(Cl)c1. The van der Waals surface area contributed by atoms with Gasteiger partial charge in [-0.15, -0.1) is 0 Å². The van der Waals surface area contributed by atoms with Gasteiger partial charge in [-0.1, -0.05) is 35.3 Å². The van der Waals surface area contributed by atoms with Crippen LogP contribution in [0.5, 0.6) is 0 Å². The van der Waals surface area contributed by atoms with E-state index in [0.717, 1.165) is 0 Å². The molecule has 0 heterocycles. The molecule has 2 rings (SSSR count). The maximum Gasteiger partial charge on any atom is 0.338 e. The van der Waals surface area contributed by atoms with Crippen LogP contribution in [0, 0.1) is 0 Å². The van der Waals surface area contributed by atoms with Crippen LogP contribution in [0.25, 0.3) is 0 Å². The molecule has 26 heavy (non-hydrogen) atoms. The lowest BCUT2D eigenvalue weighted by Gasteiger charge is -2.39. The van der Waals surface area contributed by atoms with E-state index < -0.39 is 23.1 Å². The smallest absolute Gasteiger partial charge is 0.338 e. The second kappa shape index (κ2) is 7.68. The summed E-state index contributed by atoms with van der Waals surface area (Å²) in [6.45, 7) is 6.72. The second-order valence-corrected chi connectivity index (χ2v) is 7.69. The van der Waals surface area contributed by atoms with E-state index in [9.17, 15) is 9.59 Å². The molecule has 6 heteroatoms. The predicted molar refractivity (Wildman–Crippen MR) is 102 cm³/mol.